The number of aliphatic imine (C=N–C) groups is 2. The molecule has 1 amide bonds. The number of amides is 1. The lowest BCUT2D eigenvalue weighted by Gasteiger charge is -2.15. The Balaban J connectivity index is 1.05. The summed E-state index contributed by atoms with van der Waals surface area (Å²) in [5.41, 5.74) is 3.21. The van der Waals surface area contributed by atoms with Gasteiger partial charge >= 0.3 is 36.1 Å². The largest absolute Gasteiger partial charge is 0.489 e. The van der Waals surface area contributed by atoms with Gasteiger partial charge in [-0.2, -0.15) is 26.3 Å². The molecule has 2 aliphatic heterocycles. The van der Waals surface area contributed by atoms with Crippen molar-refractivity contribution >= 4 is 35.3 Å². The summed E-state index contributed by atoms with van der Waals surface area (Å²) in [5, 5.41) is 2.88. The number of cyclic esters (lactones) is 2. The van der Waals surface area contributed by atoms with Gasteiger partial charge in [0.15, 0.2) is 12.1 Å². The van der Waals surface area contributed by atoms with Crippen LogP contribution in [-0.4, -0.2) is 42.0 Å². The summed E-state index contributed by atoms with van der Waals surface area (Å²) in [5.74, 6) is -4.25. The molecule has 0 spiro atoms. The molecule has 0 saturated heterocycles. The van der Waals surface area contributed by atoms with Crippen LogP contribution in [0.2, 0.25) is 0 Å². The van der Waals surface area contributed by atoms with E-state index in [9.17, 15) is 40.7 Å². The SMILES string of the molecule is CCCCc1ccc(Oc2ccc(NC(=O)c3cc(COc4ccc(C5N=C(C(F)(F)F)OC5=O)cc4)ccc3COc3ccc(C4N=C(C(F)(F)F)OC4=O)cc3)cc2)cc1. The number of carbonyl (C=O) groups is 3. The Morgan fingerprint density at radius 2 is 1.10 bits per heavy atom. The predicted molar refractivity (Wildman–Crippen MR) is 212 cm³/mol. The molecule has 0 radical (unpaired) electrons. The summed E-state index contributed by atoms with van der Waals surface area (Å²) in [6, 6.07) is 27.9. The third-order valence-corrected chi connectivity index (χ3v) is 9.52. The molecule has 2 heterocycles. The first-order valence-electron chi connectivity index (χ1n) is 19.1. The zero-order valence-corrected chi connectivity index (χ0v) is 32.6. The van der Waals surface area contributed by atoms with Crippen molar-refractivity contribution in [3.05, 3.63) is 149 Å². The van der Waals surface area contributed by atoms with E-state index in [0.29, 0.717) is 34.1 Å². The fourth-order valence-electron chi connectivity index (χ4n) is 6.30. The van der Waals surface area contributed by atoms with Gasteiger partial charge in [0.05, 0.1) is 0 Å². The molecule has 7 rings (SSSR count). The Labute approximate surface area is 350 Å². The number of unbranched alkanes of at least 4 members (excludes halogenated alkanes) is 1. The van der Waals surface area contributed by atoms with Crippen LogP contribution < -0.4 is 19.5 Å². The van der Waals surface area contributed by atoms with E-state index in [2.05, 4.69) is 31.7 Å². The molecule has 2 unspecified atom stereocenters. The maximum absolute atomic E-state index is 13.9. The van der Waals surface area contributed by atoms with Crippen LogP contribution in [-0.2, 0) is 38.7 Å². The highest BCUT2D eigenvalue weighted by Crippen LogP contribution is 2.34. The fourth-order valence-corrected chi connectivity index (χ4v) is 6.30. The number of alkyl halides is 6. The van der Waals surface area contributed by atoms with E-state index in [1.807, 2.05) is 24.3 Å². The molecule has 0 aromatic heterocycles. The van der Waals surface area contributed by atoms with Gasteiger partial charge in [-0.15, -0.1) is 0 Å². The number of benzene rings is 5. The highest BCUT2D eigenvalue weighted by molar-refractivity contribution is 6.05. The normalized spacial score (nSPS) is 16.2. The lowest BCUT2D eigenvalue weighted by Crippen LogP contribution is -2.23. The van der Waals surface area contributed by atoms with E-state index >= 15 is 0 Å². The molecule has 5 aromatic carbocycles. The number of carbonyl (C=O) groups excluding carboxylic acids is 3. The van der Waals surface area contributed by atoms with Crippen LogP contribution in [0, 0.1) is 0 Å². The first-order valence-corrected chi connectivity index (χ1v) is 19.1. The van der Waals surface area contributed by atoms with Crippen LogP contribution in [0.25, 0.3) is 0 Å². The molecular formula is C45H35F6N3O8. The highest BCUT2D eigenvalue weighted by atomic mass is 19.4. The molecule has 2 atom stereocenters. The van der Waals surface area contributed by atoms with Gasteiger partial charge in [0.1, 0.15) is 36.2 Å². The maximum Gasteiger partial charge on any atom is 0.468 e. The van der Waals surface area contributed by atoms with Crippen molar-refractivity contribution in [3.8, 4) is 23.0 Å². The van der Waals surface area contributed by atoms with Crippen molar-refractivity contribution in [2.75, 3.05) is 5.32 Å². The average Bonchev–Trinajstić information content (AvgIpc) is 3.86. The Morgan fingerprint density at radius 3 is 1.58 bits per heavy atom. The van der Waals surface area contributed by atoms with Crippen molar-refractivity contribution in [1.82, 2.24) is 0 Å². The number of hydrogen-bond donors (Lipinski definition) is 1. The Kier molecular flexibility index (Phi) is 12.6. The number of esters is 2. The topological polar surface area (TPSA) is 134 Å². The first-order chi connectivity index (χ1) is 29.6. The van der Waals surface area contributed by atoms with Gasteiger partial charge in [-0.05, 0) is 102 Å². The molecule has 62 heavy (non-hydrogen) atoms. The van der Waals surface area contributed by atoms with Crippen molar-refractivity contribution < 1.29 is 64.4 Å². The Hall–Kier alpha value is -7.17. The van der Waals surface area contributed by atoms with Gasteiger partial charge in [-0.3, -0.25) is 4.79 Å². The van der Waals surface area contributed by atoms with Gasteiger partial charge < -0.3 is 29.0 Å². The minimum Gasteiger partial charge on any atom is -0.489 e. The van der Waals surface area contributed by atoms with Crippen molar-refractivity contribution in [2.24, 2.45) is 9.98 Å². The monoisotopic (exact) mass is 859 g/mol. The van der Waals surface area contributed by atoms with Crippen molar-refractivity contribution in [3.63, 3.8) is 0 Å². The van der Waals surface area contributed by atoms with E-state index in [1.165, 1.54) is 54.1 Å². The standard InChI is InChI=1S/C45H35F6N3O8/c1-2-3-4-26-6-15-34(16-7-26)60-35-21-13-31(14-22-35)52-39(55)36-23-27(24-58-32-17-9-28(10-18-32)37-40(56)61-42(53-37)44(46,47)48)5-8-30(36)25-59-33-19-11-29(12-20-33)38-41(57)62-43(54-38)45(49,50)51/h5-23,37-38H,2-4,24-25H2,1H3,(H,52,55). The third kappa shape index (κ3) is 10.6. The number of halogens is 6. The van der Waals surface area contributed by atoms with Crippen LogP contribution in [0.5, 0.6) is 23.0 Å². The average molecular weight is 860 g/mol. The number of nitrogens with zero attached hydrogens (tertiary/aromatic N) is 2. The highest BCUT2D eigenvalue weighted by Gasteiger charge is 2.47. The number of nitrogens with one attached hydrogen (secondary N) is 1. The van der Waals surface area contributed by atoms with Crippen LogP contribution >= 0.6 is 0 Å². The molecule has 0 bridgehead atoms. The molecule has 320 valence electrons. The molecule has 0 aliphatic carbocycles. The van der Waals surface area contributed by atoms with Gasteiger partial charge in [0.2, 0.25) is 0 Å². The van der Waals surface area contributed by atoms with Gasteiger partial charge in [0, 0.05) is 16.8 Å². The molecule has 2 aliphatic rings. The van der Waals surface area contributed by atoms with Gasteiger partial charge in [0.25, 0.3) is 5.91 Å². The lowest BCUT2D eigenvalue weighted by atomic mass is 10.0. The zero-order chi connectivity index (χ0) is 44.0. The second-order valence-corrected chi connectivity index (χ2v) is 14.0. The summed E-state index contributed by atoms with van der Waals surface area (Å²) < 4.78 is 104. The minimum atomic E-state index is -4.91. The van der Waals surface area contributed by atoms with Gasteiger partial charge in [-0.1, -0.05) is 61.9 Å². The van der Waals surface area contributed by atoms with E-state index in [4.69, 9.17) is 14.2 Å². The minimum absolute atomic E-state index is 0.0438. The van der Waals surface area contributed by atoms with E-state index in [-0.39, 0.29) is 35.7 Å². The molecular weight excluding hydrogens is 824 g/mol. The van der Waals surface area contributed by atoms with E-state index in [1.54, 1.807) is 42.5 Å². The van der Waals surface area contributed by atoms with Crippen LogP contribution in [0.15, 0.2) is 125 Å². The number of aryl methyl sites for hydroxylation is 1. The van der Waals surface area contributed by atoms with Crippen LogP contribution in [0.3, 0.4) is 0 Å². The molecule has 0 saturated carbocycles. The van der Waals surface area contributed by atoms with E-state index < -0.39 is 54.1 Å². The maximum atomic E-state index is 13.9. The molecule has 5 aromatic rings. The van der Waals surface area contributed by atoms with Gasteiger partial charge in [-0.25, -0.2) is 19.6 Å². The quantitative estimate of drug-likeness (QED) is 0.0812. The fraction of sp³-hybridized carbons (Fsp3) is 0.222. The Bertz CT molecular complexity index is 2490. The van der Waals surface area contributed by atoms with Crippen LogP contribution in [0.4, 0.5) is 32.0 Å². The van der Waals surface area contributed by atoms with Crippen molar-refractivity contribution in [1.29, 1.82) is 0 Å². The lowest BCUT2D eigenvalue weighted by molar-refractivity contribution is -0.139. The third-order valence-electron chi connectivity index (χ3n) is 9.52. The van der Waals surface area contributed by atoms with Crippen LogP contribution in [0.1, 0.15) is 70.0 Å². The number of rotatable bonds is 15. The number of hydrogen-bond acceptors (Lipinski definition) is 10. The smallest absolute Gasteiger partial charge is 0.468 e. The molecule has 11 nitrogen and oxygen atoms in total. The van der Waals surface area contributed by atoms with E-state index in [0.717, 1.165) is 19.3 Å². The summed E-state index contributed by atoms with van der Waals surface area (Å²) in [4.78, 5) is 44.7. The number of ether oxygens (including phenoxy) is 5. The summed E-state index contributed by atoms with van der Waals surface area (Å²) in [6.07, 6.45) is -6.64. The summed E-state index contributed by atoms with van der Waals surface area (Å²) in [7, 11) is 0. The second-order valence-electron chi connectivity index (χ2n) is 14.0. The second kappa shape index (κ2) is 18.2. The van der Waals surface area contributed by atoms with Crippen molar-refractivity contribution in [2.45, 2.75) is 63.8 Å². The molecule has 0 fully saturated rings. The summed E-state index contributed by atoms with van der Waals surface area (Å²) in [6.45, 7) is 1.97. The molecule has 1 N–H and O–H groups in total. The predicted octanol–water partition coefficient (Wildman–Crippen LogP) is 10.3. The first kappa shape index (κ1) is 42.9. The summed E-state index contributed by atoms with van der Waals surface area (Å²) >= 11 is 0. The zero-order valence-electron chi connectivity index (χ0n) is 32.6. The Morgan fingerprint density at radius 1 is 0.629 bits per heavy atom. The number of anilines is 1. The molecule has 17 heteroatoms.